The first-order valence-electron chi connectivity index (χ1n) is 10.7. The van der Waals surface area contributed by atoms with Crippen LogP contribution in [0.2, 0.25) is 0 Å². The molecule has 1 amide bonds. The number of anilines is 1. The quantitative estimate of drug-likeness (QED) is 0.404. The molecule has 0 aliphatic carbocycles. The van der Waals surface area contributed by atoms with Crippen LogP contribution in [0.3, 0.4) is 0 Å². The molecule has 4 rings (SSSR count). The zero-order chi connectivity index (χ0) is 24.1. The van der Waals surface area contributed by atoms with Crippen molar-refractivity contribution in [2.75, 3.05) is 5.32 Å². The first-order chi connectivity index (χ1) is 16.3. The molecule has 0 unspecified atom stereocenters. The second kappa shape index (κ2) is 9.88. The van der Waals surface area contributed by atoms with Crippen molar-refractivity contribution in [1.29, 1.82) is 0 Å². The Morgan fingerprint density at radius 3 is 2.32 bits per heavy atom. The SMILES string of the molecule is CC(C)S(=O)(=O)c1ccc(CC(=O)Nc2ccc(Oc3cc(-n4cccc4)ncn3)cc2)cc1. The van der Waals surface area contributed by atoms with Crippen molar-refractivity contribution in [2.24, 2.45) is 0 Å². The van der Waals surface area contributed by atoms with E-state index in [0.29, 0.717) is 23.1 Å². The summed E-state index contributed by atoms with van der Waals surface area (Å²) < 4.78 is 32.1. The highest BCUT2D eigenvalue weighted by Crippen LogP contribution is 2.23. The number of carbonyl (C=O) groups excluding carboxylic acids is 1. The average molecular weight is 477 g/mol. The van der Waals surface area contributed by atoms with Crippen LogP contribution in [0.4, 0.5) is 5.69 Å². The van der Waals surface area contributed by atoms with Crippen LogP contribution in [0, 0.1) is 0 Å². The predicted octanol–water partition coefficient (Wildman–Crippen LogP) is 4.42. The summed E-state index contributed by atoms with van der Waals surface area (Å²) in [6.07, 6.45) is 5.32. The van der Waals surface area contributed by atoms with Gasteiger partial charge in [-0.25, -0.2) is 18.4 Å². The number of sulfone groups is 1. The third kappa shape index (κ3) is 5.49. The van der Waals surface area contributed by atoms with Gasteiger partial charge < -0.3 is 14.6 Å². The van der Waals surface area contributed by atoms with Crippen LogP contribution in [-0.2, 0) is 21.1 Å². The van der Waals surface area contributed by atoms with E-state index in [1.807, 2.05) is 29.1 Å². The molecule has 4 aromatic rings. The zero-order valence-electron chi connectivity index (χ0n) is 18.8. The summed E-state index contributed by atoms with van der Waals surface area (Å²) in [5.74, 6) is 1.45. The van der Waals surface area contributed by atoms with Crippen LogP contribution >= 0.6 is 0 Å². The molecule has 2 aromatic heterocycles. The summed E-state index contributed by atoms with van der Waals surface area (Å²) in [4.78, 5) is 21.0. The van der Waals surface area contributed by atoms with Crippen LogP contribution in [0.15, 0.2) is 90.3 Å². The first kappa shape index (κ1) is 23.2. The Bertz CT molecular complexity index is 1370. The third-order valence-electron chi connectivity index (χ3n) is 5.09. The molecule has 9 heteroatoms. The average Bonchev–Trinajstić information content (AvgIpc) is 3.36. The molecule has 174 valence electrons. The number of nitrogens with zero attached hydrogens (tertiary/aromatic N) is 3. The minimum atomic E-state index is -3.33. The molecule has 0 saturated heterocycles. The molecule has 0 atom stereocenters. The van der Waals surface area contributed by atoms with E-state index in [4.69, 9.17) is 4.74 Å². The van der Waals surface area contributed by atoms with Gasteiger partial charge in [0.05, 0.1) is 16.6 Å². The van der Waals surface area contributed by atoms with Gasteiger partial charge in [-0.05, 0) is 67.9 Å². The number of hydrogen-bond acceptors (Lipinski definition) is 6. The van der Waals surface area contributed by atoms with Crippen molar-refractivity contribution >= 4 is 21.4 Å². The fourth-order valence-corrected chi connectivity index (χ4v) is 4.26. The Balaban J connectivity index is 1.35. The first-order valence-corrected chi connectivity index (χ1v) is 12.2. The summed E-state index contributed by atoms with van der Waals surface area (Å²) in [5.41, 5.74) is 1.34. The van der Waals surface area contributed by atoms with E-state index in [1.54, 1.807) is 68.4 Å². The lowest BCUT2D eigenvalue weighted by Gasteiger charge is -2.10. The van der Waals surface area contributed by atoms with Crippen LogP contribution < -0.4 is 10.1 Å². The molecule has 2 heterocycles. The maximum atomic E-state index is 12.4. The lowest BCUT2D eigenvalue weighted by molar-refractivity contribution is -0.115. The smallest absolute Gasteiger partial charge is 0.228 e. The third-order valence-corrected chi connectivity index (χ3v) is 7.26. The minimum Gasteiger partial charge on any atom is -0.439 e. The van der Waals surface area contributed by atoms with Crippen molar-refractivity contribution in [1.82, 2.24) is 14.5 Å². The summed E-state index contributed by atoms with van der Waals surface area (Å²) in [5, 5.41) is 2.33. The highest BCUT2D eigenvalue weighted by Gasteiger charge is 2.18. The largest absolute Gasteiger partial charge is 0.439 e. The number of hydrogen-bond donors (Lipinski definition) is 1. The molecule has 0 spiro atoms. The van der Waals surface area contributed by atoms with Crippen molar-refractivity contribution in [2.45, 2.75) is 30.4 Å². The molecule has 34 heavy (non-hydrogen) atoms. The second-order valence-corrected chi connectivity index (χ2v) is 10.4. The lowest BCUT2D eigenvalue weighted by atomic mass is 10.1. The topological polar surface area (TPSA) is 103 Å². The number of amides is 1. The van der Waals surface area contributed by atoms with Crippen molar-refractivity contribution in [3.63, 3.8) is 0 Å². The van der Waals surface area contributed by atoms with Crippen LogP contribution in [0.25, 0.3) is 5.82 Å². The standard InChI is InChI=1S/C25H24N4O4S/c1-18(2)34(31,32)22-11-5-19(6-12-22)15-24(30)28-20-7-9-21(10-8-20)33-25-16-23(26-17-27-25)29-13-3-4-14-29/h3-14,16-18H,15H2,1-2H3,(H,28,30). The van der Waals surface area contributed by atoms with Gasteiger partial charge in [-0.15, -0.1) is 0 Å². The Morgan fingerprint density at radius 2 is 1.68 bits per heavy atom. The van der Waals surface area contributed by atoms with E-state index in [-0.39, 0.29) is 17.2 Å². The Hall–Kier alpha value is -3.98. The zero-order valence-corrected chi connectivity index (χ0v) is 19.6. The molecule has 0 aliphatic rings. The van der Waals surface area contributed by atoms with Crippen molar-refractivity contribution in [3.05, 3.63) is 91.0 Å². The number of rotatable bonds is 8. The molecule has 0 bridgehead atoms. The molecular weight excluding hydrogens is 452 g/mol. The summed E-state index contributed by atoms with van der Waals surface area (Å²) in [6, 6.07) is 18.9. The summed E-state index contributed by atoms with van der Waals surface area (Å²) >= 11 is 0. The van der Waals surface area contributed by atoms with Gasteiger partial charge in [0.15, 0.2) is 9.84 Å². The molecule has 2 aromatic carbocycles. The maximum absolute atomic E-state index is 12.4. The Kier molecular flexibility index (Phi) is 6.74. The van der Waals surface area contributed by atoms with Crippen molar-refractivity contribution in [3.8, 4) is 17.4 Å². The van der Waals surface area contributed by atoms with E-state index >= 15 is 0 Å². The van der Waals surface area contributed by atoms with E-state index in [1.165, 1.54) is 6.33 Å². The van der Waals surface area contributed by atoms with Crippen LogP contribution in [-0.4, -0.2) is 34.1 Å². The van der Waals surface area contributed by atoms with Gasteiger partial charge in [0.2, 0.25) is 11.8 Å². The Morgan fingerprint density at radius 1 is 1.00 bits per heavy atom. The molecule has 8 nitrogen and oxygen atoms in total. The fourth-order valence-electron chi connectivity index (χ4n) is 3.20. The monoisotopic (exact) mass is 476 g/mol. The van der Waals surface area contributed by atoms with Crippen LogP contribution in [0.1, 0.15) is 19.4 Å². The number of aromatic nitrogens is 3. The Labute approximate surface area is 198 Å². The molecular formula is C25H24N4O4S. The maximum Gasteiger partial charge on any atom is 0.228 e. The summed E-state index contributed by atoms with van der Waals surface area (Å²) in [7, 11) is -3.33. The predicted molar refractivity (Wildman–Crippen MR) is 129 cm³/mol. The van der Waals surface area contributed by atoms with Gasteiger partial charge in [-0.3, -0.25) is 4.79 Å². The van der Waals surface area contributed by atoms with Crippen molar-refractivity contribution < 1.29 is 17.9 Å². The highest BCUT2D eigenvalue weighted by atomic mass is 32.2. The van der Waals surface area contributed by atoms with Gasteiger partial charge in [-0.2, -0.15) is 0 Å². The molecule has 1 N–H and O–H groups in total. The second-order valence-electron chi connectivity index (χ2n) is 7.89. The molecule has 0 aliphatic heterocycles. The van der Waals surface area contributed by atoms with Gasteiger partial charge in [0, 0.05) is 24.1 Å². The van der Waals surface area contributed by atoms with E-state index in [2.05, 4.69) is 15.3 Å². The lowest BCUT2D eigenvalue weighted by Crippen LogP contribution is -2.15. The van der Waals surface area contributed by atoms with Crippen LogP contribution in [0.5, 0.6) is 11.6 Å². The molecule has 0 saturated carbocycles. The van der Waals surface area contributed by atoms with Gasteiger partial charge in [0.25, 0.3) is 0 Å². The van der Waals surface area contributed by atoms with Gasteiger partial charge >= 0.3 is 0 Å². The normalized spacial score (nSPS) is 11.4. The van der Waals surface area contributed by atoms with E-state index in [9.17, 15) is 13.2 Å². The number of nitrogens with one attached hydrogen (secondary N) is 1. The van der Waals surface area contributed by atoms with Gasteiger partial charge in [0.1, 0.15) is 17.9 Å². The molecule has 0 fully saturated rings. The number of carbonyl (C=O) groups is 1. The fraction of sp³-hybridized carbons (Fsp3) is 0.160. The van der Waals surface area contributed by atoms with E-state index < -0.39 is 15.1 Å². The number of ether oxygens (including phenoxy) is 1. The highest BCUT2D eigenvalue weighted by molar-refractivity contribution is 7.92. The molecule has 0 radical (unpaired) electrons. The van der Waals surface area contributed by atoms with E-state index in [0.717, 1.165) is 5.56 Å². The number of benzene rings is 2. The summed E-state index contributed by atoms with van der Waals surface area (Å²) in [6.45, 7) is 3.28. The minimum absolute atomic E-state index is 0.128. The van der Waals surface area contributed by atoms with Gasteiger partial charge in [-0.1, -0.05) is 12.1 Å².